The summed E-state index contributed by atoms with van der Waals surface area (Å²) in [6, 6.07) is 0. The molecule has 0 bridgehead atoms. The average Bonchev–Trinajstić information content (AvgIpc) is 2.43. The van der Waals surface area contributed by atoms with E-state index in [0.29, 0.717) is 16.6 Å². The van der Waals surface area contributed by atoms with E-state index in [9.17, 15) is 9.59 Å². The van der Waals surface area contributed by atoms with Gasteiger partial charge in [-0.05, 0) is 42.3 Å². The molecular weight excluding hydrogens is 280 g/mol. The van der Waals surface area contributed by atoms with E-state index in [1.807, 2.05) is 0 Å². The molecule has 122 valence electrons. The van der Waals surface area contributed by atoms with Crippen LogP contribution in [0.5, 0.6) is 0 Å². The minimum absolute atomic E-state index is 0.00196. The maximum Gasteiger partial charge on any atom is 0.295 e. The Labute approximate surface area is 131 Å². The van der Waals surface area contributed by atoms with E-state index < -0.39 is 8.32 Å². The van der Waals surface area contributed by atoms with Gasteiger partial charge in [0, 0.05) is 5.92 Å². The quantitative estimate of drug-likeness (QED) is 0.527. The highest BCUT2D eigenvalue weighted by Crippen LogP contribution is 2.43. The van der Waals surface area contributed by atoms with Crippen molar-refractivity contribution in [1.29, 1.82) is 0 Å². The number of rotatable bonds is 6. The summed E-state index contributed by atoms with van der Waals surface area (Å²) in [5.74, 6) is 0.155. The van der Waals surface area contributed by atoms with Crippen LogP contribution in [0.15, 0.2) is 0 Å². The molecule has 0 aromatic heterocycles. The Bertz CT molecular complexity index is 333. The van der Waals surface area contributed by atoms with Crippen LogP contribution in [0.2, 0.25) is 16.6 Å². The predicted molar refractivity (Wildman–Crippen MR) is 88.7 cm³/mol. The van der Waals surface area contributed by atoms with E-state index in [-0.39, 0.29) is 17.8 Å². The monoisotopic (exact) mass is 312 g/mol. The van der Waals surface area contributed by atoms with E-state index >= 15 is 0 Å². The van der Waals surface area contributed by atoms with E-state index in [4.69, 9.17) is 4.43 Å². The second-order valence-electron chi connectivity index (χ2n) is 7.49. The maximum atomic E-state index is 12.6. The molecule has 0 heterocycles. The smallest absolute Gasteiger partial charge is 0.295 e. The van der Waals surface area contributed by atoms with E-state index in [1.54, 1.807) is 0 Å². The van der Waals surface area contributed by atoms with Crippen LogP contribution in [0.4, 0.5) is 0 Å². The van der Waals surface area contributed by atoms with Gasteiger partial charge in [-0.25, -0.2) is 0 Å². The standard InChI is InChI=1S/C17H32O3Si/c1-12(2)21(13(3)4,14(5)6)20-17(19)16-9-7-15(11-18)8-10-16/h11-16H,7-10H2,1-6H3/t15-,16-. The molecule has 0 amide bonds. The summed E-state index contributed by atoms with van der Waals surface area (Å²) >= 11 is 0. The lowest BCUT2D eigenvalue weighted by Gasteiger charge is -2.42. The van der Waals surface area contributed by atoms with Gasteiger partial charge in [0.1, 0.15) is 6.29 Å². The first-order chi connectivity index (χ1) is 9.75. The van der Waals surface area contributed by atoms with Gasteiger partial charge >= 0.3 is 0 Å². The van der Waals surface area contributed by atoms with Gasteiger partial charge in [-0.1, -0.05) is 41.5 Å². The number of aldehydes is 1. The minimum atomic E-state index is -2.12. The average molecular weight is 313 g/mol. The van der Waals surface area contributed by atoms with Crippen LogP contribution in [0, 0.1) is 11.8 Å². The Balaban J connectivity index is 2.80. The maximum absolute atomic E-state index is 12.6. The van der Waals surface area contributed by atoms with Gasteiger partial charge in [0.05, 0.1) is 5.92 Å². The molecule has 1 aliphatic rings. The fourth-order valence-electron chi connectivity index (χ4n) is 4.10. The van der Waals surface area contributed by atoms with Crippen molar-refractivity contribution in [1.82, 2.24) is 0 Å². The highest BCUT2D eigenvalue weighted by molar-refractivity contribution is 6.78. The Kier molecular flexibility index (Phi) is 6.63. The lowest BCUT2D eigenvalue weighted by atomic mass is 9.83. The third kappa shape index (κ3) is 3.96. The molecule has 3 nitrogen and oxygen atoms in total. The number of carbonyl (C=O) groups is 2. The van der Waals surface area contributed by atoms with Crippen molar-refractivity contribution in [2.24, 2.45) is 11.8 Å². The van der Waals surface area contributed by atoms with Gasteiger partial charge in [-0.2, -0.15) is 0 Å². The van der Waals surface area contributed by atoms with Gasteiger partial charge in [-0.15, -0.1) is 0 Å². The van der Waals surface area contributed by atoms with Crippen molar-refractivity contribution in [2.45, 2.75) is 83.8 Å². The second kappa shape index (κ2) is 7.57. The molecular formula is C17H32O3Si. The Hall–Kier alpha value is -0.643. The van der Waals surface area contributed by atoms with E-state index in [2.05, 4.69) is 41.5 Å². The third-order valence-corrected chi connectivity index (χ3v) is 11.3. The minimum Gasteiger partial charge on any atom is -0.518 e. The molecule has 1 fully saturated rings. The van der Waals surface area contributed by atoms with Crippen LogP contribution in [-0.2, 0) is 14.0 Å². The summed E-state index contributed by atoms with van der Waals surface area (Å²) in [5, 5.41) is 0. The Morgan fingerprint density at radius 3 is 1.71 bits per heavy atom. The Morgan fingerprint density at radius 2 is 1.38 bits per heavy atom. The highest BCUT2D eigenvalue weighted by atomic mass is 28.4. The molecule has 0 atom stereocenters. The van der Waals surface area contributed by atoms with Gasteiger partial charge < -0.3 is 9.22 Å². The molecule has 0 unspecified atom stereocenters. The molecule has 1 aliphatic carbocycles. The van der Waals surface area contributed by atoms with Crippen molar-refractivity contribution in [3.8, 4) is 0 Å². The molecule has 0 aromatic rings. The first kappa shape index (κ1) is 18.4. The first-order valence-electron chi connectivity index (χ1n) is 8.43. The molecule has 0 radical (unpaired) electrons. The van der Waals surface area contributed by atoms with Crippen molar-refractivity contribution < 1.29 is 14.0 Å². The van der Waals surface area contributed by atoms with Crippen molar-refractivity contribution in [3.63, 3.8) is 0 Å². The lowest BCUT2D eigenvalue weighted by Crippen LogP contribution is -2.50. The van der Waals surface area contributed by atoms with Crippen LogP contribution in [0.25, 0.3) is 0 Å². The van der Waals surface area contributed by atoms with Gasteiger partial charge in [0.15, 0.2) is 0 Å². The van der Waals surface area contributed by atoms with Crippen LogP contribution in [0.1, 0.15) is 67.2 Å². The zero-order valence-electron chi connectivity index (χ0n) is 14.5. The summed E-state index contributed by atoms with van der Waals surface area (Å²) in [4.78, 5) is 23.5. The fourth-order valence-corrected chi connectivity index (χ4v) is 9.32. The first-order valence-corrected chi connectivity index (χ1v) is 10.6. The van der Waals surface area contributed by atoms with Gasteiger partial charge in [0.2, 0.25) is 0 Å². The zero-order valence-corrected chi connectivity index (χ0v) is 15.5. The molecule has 21 heavy (non-hydrogen) atoms. The molecule has 0 aromatic carbocycles. The number of carbonyl (C=O) groups excluding carboxylic acids is 2. The largest absolute Gasteiger partial charge is 0.518 e. The van der Waals surface area contributed by atoms with E-state index in [1.165, 1.54) is 0 Å². The predicted octanol–water partition coefficient (Wildman–Crippen LogP) is 4.71. The number of hydrogen-bond acceptors (Lipinski definition) is 3. The van der Waals surface area contributed by atoms with Crippen molar-refractivity contribution in [2.75, 3.05) is 0 Å². The highest BCUT2D eigenvalue weighted by Gasteiger charge is 2.49. The lowest BCUT2D eigenvalue weighted by molar-refractivity contribution is -0.142. The molecule has 4 heteroatoms. The topological polar surface area (TPSA) is 43.4 Å². The molecule has 0 aliphatic heterocycles. The summed E-state index contributed by atoms with van der Waals surface area (Å²) in [5.41, 5.74) is 1.27. The Morgan fingerprint density at radius 1 is 0.952 bits per heavy atom. The van der Waals surface area contributed by atoms with Crippen LogP contribution >= 0.6 is 0 Å². The number of hydrogen-bond donors (Lipinski definition) is 0. The summed E-state index contributed by atoms with van der Waals surface area (Å²) in [6.45, 7) is 13.2. The SMILES string of the molecule is CC(C)[Si](OC(=O)[C@H]1CC[C@H](C=O)CC1)(C(C)C)C(C)C. The van der Waals surface area contributed by atoms with Crippen LogP contribution in [0.3, 0.4) is 0 Å². The van der Waals surface area contributed by atoms with Gasteiger partial charge in [0.25, 0.3) is 14.3 Å². The molecule has 1 rings (SSSR count). The molecule has 1 saturated carbocycles. The van der Waals surface area contributed by atoms with Crippen LogP contribution in [-0.4, -0.2) is 20.6 Å². The van der Waals surface area contributed by atoms with Gasteiger partial charge in [-0.3, -0.25) is 4.79 Å². The summed E-state index contributed by atoms with van der Waals surface area (Å²) in [7, 11) is -2.12. The second-order valence-corrected chi connectivity index (χ2v) is 12.9. The van der Waals surface area contributed by atoms with Crippen molar-refractivity contribution in [3.05, 3.63) is 0 Å². The van der Waals surface area contributed by atoms with Crippen molar-refractivity contribution >= 4 is 20.6 Å². The third-order valence-electron chi connectivity index (χ3n) is 5.28. The zero-order chi connectivity index (χ0) is 16.2. The molecule has 0 spiro atoms. The summed E-state index contributed by atoms with van der Waals surface area (Å²) in [6.07, 6.45) is 4.32. The fraction of sp³-hybridized carbons (Fsp3) is 0.882. The normalized spacial score (nSPS) is 23.7. The van der Waals surface area contributed by atoms with Crippen LogP contribution < -0.4 is 0 Å². The summed E-state index contributed by atoms with van der Waals surface area (Å²) < 4.78 is 6.24. The molecule has 0 saturated heterocycles. The molecule has 0 N–H and O–H groups in total. The van der Waals surface area contributed by atoms with E-state index in [0.717, 1.165) is 32.0 Å².